The molecular weight excluding hydrogens is 368 g/mol. The topological polar surface area (TPSA) is 58.2 Å². The highest BCUT2D eigenvalue weighted by molar-refractivity contribution is 9.10. The second-order valence-electron chi connectivity index (χ2n) is 5.90. The lowest BCUT2D eigenvalue weighted by Gasteiger charge is -2.13. The fourth-order valence-corrected chi connectivity index (χ4v) is 2.85. The van der Waals surface area contributed by atoms with Crippen molar-refractivity contribution in [3.8, 4) is 0 Å². The Morgan fingerprint density at radius 2 is 1.54 bits per heavy atom. The minimum atomic E-state index is -0.228. The summed E-state index contributed by atoms with van der Waals surface area (Å²) in [6, 6.07) is 11.6. The van der Waals surface area contributed by atoms with Gasteiger partial charge in [-0.1, -0.05) is 45.8 Å². The van der Waals surface area contributed by atoms with Gasteiger partial charge in [-0.2, -0.15) is 0 Å². The van der Waals surface area contributed by atoms with E-state index in [1.165, 1.54) is 0 Å². The minimum Gasteiger partial charge on any atom is -0.347 e. The van der Waals surface area contributed by atoms with E-state index < -0.39 is 0 Å². The highest BCUT2D eigenvalue weighted by Gasteiger charge is 2.10. The molecule has 0 saturated heterocycles. The number of carbonyl (C=O) groups is 2. The quantitative estimate of drug-likeness (QED) is 0.820. The summed E-state index contributed by atoms with van der Waals surface area (Å²) in [5.74, 6) is -0.404. The third kappa shape index (κ3) is 5.20. The molecule has 5 heteroatoms. The molecule has 0 bridgehead atoms. The highest BCUT2D eigenvalue weighted by Crippen LogP contribution is 2.21. The van der Waals surface area contributed by atoms with Crippen molar-refractivity contribution in [1.82, 2.24) is 5.32 Å². The Kier molecular flexibility index (Phi) is 6.15. The summed E-state index contributed by atoms with van der Waals surface area (Å²) in [5.41, 5.74) is 4.91. The van der Waals surface area contributed by atoms with Crippen molar-refractivity contribution < 1.29 is 9.59 Å². The number of hydrogen-bond acceptors (Lipinski definition) is 2. The molecule has 2 aromatic rings. The average molecular weight is 389 g/mol. The van der Waals surface area contributed by atoms with Gasteiger partial charge in [-0.05, 0) is 49.6 Å². The van der Waals surface area contributed by atoms with E-state index in [0.29, 0.717) is 0 Å². The fourth-order valence-electron chi connectivity index (χ4n) is 2.59. The fraction of sp³-hybridized carbons (Fsp3) is 0.263. The minimum absolute atomic E-state index is 0.0396. The number of hydrogen-bond donors (Lipinski definition) is 2. The molecule has 0 aliphatic heterocycles. The molecule has 0 heterocycles. The van der Waals surface area contributed by atoms with E-state index in [1.54, 1.807) is 0 Å². The van der Waals surface area contributed by atoms with Crippen molar-refractivity contribution in [3.63, 3.8) is 0 Å². The Bertz CT molecular complexity index is 731. The van der Waals surface area contributed by atoms with Gasteiger partial charge in [0.1, 0.15) is 0 Å². The molecule has 0 saturated carbocycles. The Labute approximate surface area is 150 Å². The van der Waals surface area contributed by atoms with E-state index in [1.807, 2.05) is 57.2 Å². The predicted octanol–water partition coefficient (Wildman–Crippen LogP) is 3.67. The molecule has 24 heavy (non-hydrogen) atoms. The Balaban J connectivity index is 1.87. The molecule has 0 fully saturated rings. The summed E-state index contributed by atoms with van der Waals surface area (Å²) in [7, 11) is 0. The summed E-state index contributed by atoms with van der Waals surface area (Å²) in [6.45, 7) is 5.90. The molecule has 2 rings (SSSR count). The van der Waals surface area contributed by atoms with Gasteiger partial charge in [0, 0.05) is 10.2 Å². The largest absolute Gasteiger partial charge is 0.347 e. The standard InChI is InChI=1S/C19H21BrN2O2/c1-12-8-13(2)19(14(3)9-12)22-18(24)11-21-17(23)10-15-4-6-16(20)7-5-15/h4-9H,10-11H2,1-3H3,(H,21,23)(H,22,24). The molecule has 2 N–H and O–H groups in total. The molecule has 0 aromatic heterocycles. The van der Waals surface area contributed by atoms with Crippen molar-refractivity contribution in [3.05, 3.63) is 63.1 Å². The van der Waals surface area contributed by atoms with Crippen LogP contribution in [0.25, 0.3) is 0 Å². The first kappa shape index (κ1) is 18.2. The molecule has 126 valence electrons. The number of rotatable bonds is 5. The number of carbonyl (C=O) groups excluding carboxylic acids is 2. The molecule has 0 aliphatic carbocycles. The number of anilines is 1. The average Bonchev–Trinajstić information content (AvgIpc) is 2.51. The van der Waals surface area contributed by atoms with E-state index in [9.17, 15) is 9.59 Å². The number of aryl methyl sites for hydroxylation is 3. The summed E-state index contributed by atoms with van der Waals surface area (Å²) in [5, 5.41) is 5.53. The highest BCUT2D eigenvalue weighted by atomic mass is 79.9. The predicted molar refractivity (Wildman–Crippen MR) is 100 cm³/mol. The van der Waals surface area contributed by atoms with E-state index in [0.717, 1.165) is 32.4 Å². The van der Waals surface area contributed by atoms with Crippen LogP contribution < -0.4 is 10.6 Å². The van der Waals surface area contributed by atoms with Crippen molar-refractivity contribution in [1.29, 1.82) is 0 Å². The summed E-state index contributed by atoms with van der Waals surface area (Å²) >= 11 is 3.36. The summed E-state index contributed by atoms with van der Waals surface area (Å²) < 4.78 is 0.967. The van der Waals surface area contributed by atoms with Gasteiger partial charge in [0.05, 0.1) is 13.0 Å². The van der Waals surface area contributed by atoms with Gasteiger partial charge >= 0.3 is 0 Å². The van der Waals surface area contributed by atoms with Gasteiger partial charge in [0.2, 0.25) is 11.8 Å². The monoisotopic (exact) mass is 388 g/mol. The zero-order chi connectivity index (χ0) is 17.7. The van der Waals surface area contributed by atoms with Gasteiger partial charge in [-0.15, -0.1) is 0 Å². The maximum Gasteiger partial charge on any atom is 0.243 e. The van der Waals surface area contributed by atoms with E-state index in [2.05, 4.69) is 26.6 Å². The number of nitrogens with one attached hydrogen (secondary N) is 2. The van der Waals surface area contributed by atoms with Gasteiger partial charge < -0.3 is 10.6 Å². The van der Waals surface area contributed by atoms with Crippen molar-refractivity contribution >= 4 is 33.4 Å². The van der Waals surface area contributed by atoms with E-state index >= 15 is 0 Å². The maximum atomic E-state index is 12.1. The van der Waals surface area contributed by atoms with Gasteiger partial charge in [0.15, 0.2) is 0 Å². The zero-order valence-electron chi connectivity index (χ0n) is 14.1. The van der Waals surface area contributed by atoms with Crippen LogP contribution in [-0.2, 0) is 16.0 Å². The third-order valence-electron chi connectivity index (χ3n) is 3.67. The molecule has 0 atom stereocenters. The van der Waals surface area contributed by atoms with Crippen LogP contribution in [0, 0.1) is 20.8 Å². The van der Waals surface area contributed by atoms with Crippen molar-refractivity contribution in [2.75, 3.05) is 11.9 Å². The molecule has 0 unspecified atom stereocenters. The molecule has 0 radical (unpaired) electrons. The first-order valence-electron chi connectivity index (χ1n) is 7.74. The zero-order valence-corrected chi connectivity index (χ0v) is 15.7. The number of amides is 2. The lowest BCUT2D eigenvalue weighted by molar-refractivity contribution is -0.123. The second-order valence-corrected chi connectivity index (χ2v) is 6.82. The van der Waals surface area contributed by atoms with Crippen LogP contribution in [0.1, 0.15) is 22.3 Å². The van der Waals surface area contributed by atoms with Crippen LogP contribution in [0.5, 0.6) is 0 Å². The van der Waals surface area contributed by atoms with E-state index in [-0.39, 0.29) is 24.8 Å². The SMILES string of the molecule is Cc1cc(C)c(NC(=O)CNC(=O)Cc2ccc(Br)cc2)c(C)c1. The van der Waals surface area contributed by atoms with Crippen LogP contribution in [0.3, 0.4) is 0 Å². The van der Waals surface area contributed by atoms with Crippen LogP contribution in [-0.4, -0.2) is 18.4 Å². The third-order valence-corrected chi connectivity index (χ3v) is 4.19. The normalized spacial score (nSPS) is 10.3. The smallest absolute Gasteiger partial charge is 0.243 e. The Hall–Kier alpha value is -2.14. The maximum absolute atomic E-state index is 12.1. The van der Waals surface area contributed by atoms with Gasteiger partial charge in [-0.3, -0.25) is 9.59 Å². The summed E-state index contributed by atoms with van der Waals surface area (Å²) in [6.07, 6.45) is 0.253. The number of halogens is 1. The molecule has 2 amide bonds. The van der Waals surface area contributed by atoms with Crippen molar-refractivity contribution in [2.24, 2.45) is 0 Å². The van der Waals surface area contributed by atoms with E-state index in [4.69, 9.17) is 0 Å². The lowest BCUT2D eigenvalue weighted by Crippen LogP contribution is -2.34. The van der Waals surface area contributed by atoms with Crippen molar-refractivity contribution in [2.45, 2.75) is 27.2 Å². The van der Waals surface area contributed by atoms with Crippen LogP contribution >= 0.6 is 15.9 Å². The van der Waals surface area contributed by atoms with Crippen LogP contribution in [0.4, 0.5) is 5.69 Å². The second kappa shape index (κ2) is 8.11. The lowest BCUT2D eigenvalue weighted by atomic mass is 10.1. The molecule has 0 spiro atoms. The van der Waals surface area contributed by atoms with Gasteiger partial charge in [-0.25, -0.2) is 0 Å². The Morgan fingerprint density at radius 1 is 0.958 bits per heavy atom. The number of benzene rings is 2. The van der Waals surface area contributed by atoms with Crippen LogP contribution in [0.15, 0.2) is 40.9 Å². The Morgan fingerprint density at radius 3 is 2.12 bits per heavy atom. The first-order chi connectivity index (χ1) is 11.3. The molecule has 0 aliphatic rings. The molecule has 4 nitrogen and oxygen atoms in total. The first-order valence-corrected chi connectivity index (χ1v) is 8.53. The van der Waals surface area contributed by atoms with Gasteiger partial charge in [0.25, 0.3) is 0 Å². The van der Waals surface area contributed by atoms with Crippen LogP contribution in [0.2, 0.25) is 0 Å². The molecule has 2 aromatic carbocycles. The molecular formula is C19H21BrN2O2. The summed E-state index contributed by atoms with van der Waals surface area (Å²) in [4.78, 5) is 24.0.